The lowest BCUT2D eigenvalue weighted by atomic mass is 9.71. The topological polar surface area (TPSA) is 90.1 Å². The fourth-order valence-corrected chi connectivity index (χ4v) is 6.16. The number of amides is 2. The van der Waals surface area contributed by atoms with Crippen LogP contribution in [0.25, 0.3) is 10.9 Å². The quantitative estimate of drug-likeness (QED) is 0.249. The van der Waals surface area contributed by atoms with Crippen molar-refractivity contribution in [3.05, 3.63) is 95.9 Å². The van der Waals surface area contributed by atoms with E-state index in [0.29, 0.717) is 13.0 Å². The van der Waals surface area contributed by atoms with Crippen LogP contribution in [-0.4, -0.2) is 48.0 Å². The molecule has 1 fully saturated rings. The molecule has 0 bridgehead atoms. The number of pyridine rings is 1. The molecule has 2 aromatic carbocycles. The number of H-pyrrole nitrogens is 1. The predicted octanol–water partition coefficient (Wildman–Crippen LogP) is 5.31. The second-order valence-corrected chi connectivity index (χ2v) is 11.9. The van der Waals surface area contributed by atoms with E-state index in [2.05, 4.69) is 21.7 Å². The molecule has 5 rings (SSSR count). The summed E-state index contributed by atoms with van der Waals surface area (Å²) in [5.74, 6) is -0.364. The van der Waals surface area contributed by atoms with E-state index < -0.39 is 5.54 Å². The van der Waals surface area contributed by atoms with Gasteiger partial charge >= 0.3 is 0 Å². The molecule has 4 aromatic rings. The van der Waals surface area contributed by atoms with E-state index in [-0.39, 0.29) is 23.7 Å². The van der Waals surface area contributed by atoms with Crippen LogP contribution in [0.2, 0.25) is 0 Å². The number of anilines is 1. The zero-order valence-electron chi connectivity index (χ0n) is 24.4. The molecule has 1 aliphatic carbocycles. The van der Waals surface area contributed by atoms with Crippen LogP contribution in [0.4, 0.5) is 5.69 Å². The van der Waals surface area contributed by atoms with Crippen LogP contribution in [0.15, 0.2) is 79.1 Å². The van der Waals surface area contributed by atoms with Gasteiger partial charge in [0.2, 0.25) is 11.8 Å². The summed E-state index contributed by atoms with van der Waals surface area (Å²) in [6, 6.07) is 22.0. The van der Waals surface area contributed by atoms with Gasteiger partial charge in [-0.05, 0) is 61.2 Å². The number of nitrogens with one attached hydrogen (secondary N) is 3. The van der Waals surface area contributed by atoms with E-state index >= 15 is 0 Å². The van der Waals surface area contributed by atoms with Crippen molar-refractivity contribution in [2.75, 3.05) is 25.5 Å². The monoisotopic (exact) mass is 551 g/mol. The zero-order chi connectivity index (χ0) is 28.9. The number of hydrogen-bond donors (Lipinski definition) is 3. The molecule has 41 heavy (non-hydrogen) atoms. The van der Waals surface area contributed by atoms with Crippen molar-refractivity contribution in [3.63, 3.8) is 0 Å². The average Bonchev–Trinajstić information content (AvgIpc) is 3.39. The number of carbonyl (C=O) groups is 2. The van der Waals surface area contributed by atoms with Crippen LogP contribution in [0, 0.1) is 0 Å². The third-order valence-electron chi connectivity index (χ3n) is 8.56. The number of aromatic amines is 1. The molecule has 2 aromatic heterocycles. The SMILES string of the molecule is CN(C)c1ccc(CC(=O)NC(C)(Cc2c[nH]c3ccccc23)C(=O)NCC2(c3ccccn3)CCCCC2)cc1. The van der Waals surface area contributed by atoms with Gasteiger partial charge in [-0.1, -0.05) is 55.7 Å². The van der Waals surface area contributed by atoms with Crippen molar-refractivity contribution in [3.8, 4) is 0 Å². The summed E-state index contributed by atoms with van der Waals surface area (Å²) in [5, 5.41) is 7.46. The van der Waals surface area contributed by atoms with Crippen LogP contribution < -0.4 is 15.5 Å². The van der Waals surface area contributed by atoms with Gasteiger partial charge in [0.05, 0.1) is 6.42 Å². The molecule has 2 heterocycles. The smallest absolute Gasteiger partial charge is 0.245 e. The number of carbonyl (C=O) groups excluding carboxylic acids is 2. The molecule has 7 nitrogen and oxygen atoms in total. The molecule has 1 saturated carbocycles. The third kappa shape index (κ3) is 6.45. The third-order valence-corrected chi connectivity index (χ3v) is 8.56. The maximum absolute atomic E-state index is 14.1. The summed E-state index contributed by atoms with van der Waals surface area (Å²) in [5.41, 5.74) is 3.66. The summed E-state index contributed by atoms with van der Waals surface area (Å²) >= 11 is 0. The molecule has 7 heteroatoms. The van der Waals surface area contributed by atoms with Gasteiger partial charge in [0.15, 0.2) is 0 Å². The fourth-order valence-electron chi connectivity index (χ4n) is 6.16. The number of fused-ring (bicyclic) bond motifs is 1. The Morgan fingerprint density at radius 3 is 2.41 bits per heavy atom. The lowest BCUT2D eigenvalue weighted by molar-refractivity contribution is -0.133. The summed E-state index contributed by atoms with van der Waals surface area (Å²) in [6.45, 7) is 2.33. The highest BCUT2D eigenvalue weighted by atomic mass is 16.2. The minimum atomic E-state index is -1.15. The summed E-state index contributed by atoms with van der Waals surface area (Å²) < 4.78 is 0. The molecule has 1 unspecified atom stereocenters. The molecule has 2 amide bonds. The first-order chi connectivity index (χ1) is 19.8. The van der Waals surface area contributed by atoms with Gasteiger partial charge in [-0.3, -0.25) is 14.6 Å². The Kier molecular flexibility index (Phi) is 8.43. The largest absolute Gasteiger partial charge is 0.378 e. The van der Waals surface area contributed by atoms with Crippen molar-refractivity contribution >= 4 is 28.4 Å². The van der Waals surface area contributed by atoms with Crippen LogP contribution >= 0.6 is 0 Å². The Morgan fingerprint density at radius 1 is 0.976 bits per heavy atom. The van der Waals surface area contributed by atoms with E-state index in [1.165, 1.54) is 6.42 Å². The minimum absolute atomic E-state index is 0.181. The van der Waals surface area contributed by atoms with Crippen molar-refractivity contribution in [1.82, 2.24) is 20.6 Å². The van der Waals surface area contributed by atoms with Crippen LogP contribution in [0.3, 0.4) is 0 Å². The highest BCUT2D eigenvalue weighted by Crippen LogP contribution is 2.38. The van der Waals surface area contributed by atoms with Crippen LogP contribution in [0.5, 0.6) is 0 Å². The Bertz CT molecular complexity index is 1470. The predicted molar refractivity (Wildman–Crippen MR) is 165 cm³/mol. The molecule has 0 aliphatic heterocycles. The van der Waals surface area contributed by atoms with Gasteiger partial charge in [-0.15, -0.1) is 0 Å². The fraction of sp³-hybridized carbons (Fsp3) is 0.382. The Balaban J connectivity index is 1.38. The Hall–Kier alpha value is -4.13. The van der Waals surface area contributed by atoms with E-state index in [1.54, 1.807) is 0 Å². The lowest BCUT2D eigenvalue weighted by Crippen LogP contribution is -2.60. The summed E-state index contributed by atoms with van der Waals surface area (Å²) in [4.78, 5) is 37.5. The first kappa shape index (κ1) is 28.4. The summed E-state index contributed by atoms with van der Waals surface area (Å²) in [6.07, 6.45) is 9.74. The molecule has 3 N–H and O–H groups in total. The first-order valence-corrected chi connectivity index (χ1v) is 14.6. The zero-order valence-corrected chi connectivity index (χ0v) is 24.4. The van der Waals surface area contributed by atoms with E-state index in [1.807, 2.05) is 99.0 Å². The van der Waals surface area contributed by atoms with Crippen molar-refractivity contribution in [2.45, 2.75) is 62.8 Å². The first-order valence-electron chi connectivity index (χ1n) is 14.6. The lowest BCUT2D eigenvalue weighted by Gasteiger charge is -2.38. The van der Waals surface area contributed by atoms with Crippen molar-refractivity contribution in [2.24, 2.45) is 0 Å². The average molecular weight is 552 g/mol. The maximum Gasteiger partial charge on any atom is 0.245 e. The van der Waals surface area contributed by atoms with Crippen LogP contribution in [0.1, 0.15) is 55.8 Å². The molecule has 1 atom stereocenters. The minimum Gasteiger partial charge on any atom is -0.378 e. The second kappa shape index (κ2) is 12.2. The molecule has 214 valence electrons. The van der Waals surface area contributed by atoms with Gasteiger partial charge in [-0.25, -0.2) is 0 Å². The van der Waals surface area contributed by atoms with E-state index in [4.69, 9.17) is 4.98 Å². The number of nitrogens with zero attached hydrogens (tertiary/aromatic N) is 2. The molecule has 1 aliphatic rings. The van der Waals surface area contributed by atoms with Gasteiger partial charge < -0.3 is 20.5 Å². The number of para-hydroxylation sites is 1. The molecule has 0 radical (unpaired) electrons. The summed E-state index contributed by atoms with van der Waals surface area (Å²) in [7, 11) is 3.98. The molecule has 0 spiro atoms. The second-order valence-electron chi connectivity index (χ2n) is 11.9. The highest BCUT2D eigenvalue weighted by molar-refractivity contribution is 5.93. The number of benzene rings is 2. The van der Waals surface area contributed by atoms with Crippen molar-refractivity contribution < 1.29 is 9.59 Å². The van der Waals surface area contributed by atoms with Crippen molar-refractivity contribution in [1.29, 1.82) is 0 Å². The molecular formula is C34H41N5O2. The highest BCUT2D eigenvalue weighted by Gasteiger charge is 2.40. The van der Waals surface area contributed by atoms with Gasteiger partial charge in [0, 0.05) is 67.2 Å². The van der Waals surface area contributed by atoms with Gasteiger partial charge in [0.1, 0.15) is 5.54 Å². The number of hydrogen-bond acceptors (Lipinski definition) is 4. The van der Waals surface area contributed by atoms with Crippen LogP contribution in [-0.2, 0) is 27.8 Å². The Labute approximate surface area is 242 Å². The number of aromatic nitrogens is 2. The maximum atomic E-state index is 14.1. The molecule has 0 saturated heterocycles. The van der Waals surface area contributed by atoms with E-state index in [0.717, 1.165) is 59.1 Å². The van der Waals surface area contributed by atoms with E-state index in [9.17, 15) is 9.59 Å². The number of rotatable bonds is 10. The molecular weight excluding hydrogens is 510 g/mol. The van der Waals surface area contributed by atoms with Gasteiger partial charge in [-0.2, -0.15) is 0 Å². The van der Waals surface area contributed by atoms with Gasteiger partial charge in [0.25, 0.3) is 0 Å². The Morgan fingerprint density at radius 2 is 1.71 bits per heavy atom. The standard InChI is InChI=1S/C34H41N5O2/c1-33(22-26-23-36-29-12-6-5-11-28(26)29,38-31(40)21-25-14-16-27(17-15-25)39(2)3)32(41)37-24-34(18-8-4-9-19-34)30-13-7-10-20-35-30/h5-7,10-17,20,23,36H,4,8-9,18-19,21-22,24H2,1-3H3,(H,37,41)(H,38,40). The normalized spacial score (nSPS) is 16.1.